The van der Waals surface area contributed by atoms with Crippen LogP contribution in [0.3, 0.4) is 0 Å². The van der Waals surface area contributed by atoms with Crippen molar-refractivity contribution in [2.75, 3.05) is 0 Å². The summed E-state index contributed by atoms with van der Waals surface area (Å²) in [4.78, 5) is 14.8. The molecule has 0 bridgehead atoms. The van der Waals surface area contributed by atoms with Crippen molar-refractivity contribution in [2.45, 2.75) is 26.4 Å². The fourth-order valence-electron chi connectivity index (χ4n) is 1.89. The van der Waals surface area contributed by atoms with E-state index in [0.29, 0.717) is 10.3 Å². The maximum Gasteiger partial charge on any atom is 0.240 e. The second-order valence-electron chi connectivity index (χ2n) is 4.58. The molecule has 6 heteroatoms. The van der Waals surface area contributed by atoms with Crippen molar-refractivity contribution < 1.29 is 4.79 Å². The molecule has 0 aliphatic heterocycles. The summed E-state index contributed by atoms with van der Waals surface area (Å²) in [6, 6.07) is 7.40. The number of H-pyrrole nitrogens is 1. The number of nitrogens with one attached hydrogen (secondary N) is 2. The van der Waals surface area contributed by atoms with Crippen molar-refractivity contribution in [3.8, 4) is 6.07 Å². The maximum atomic E-state index is 11.8. The molecule has 0 fully saturated rings. The Morgan fingerprint density at radius 2 is 2.32 bits per heavy atom. The molecule has 0 radical (unpaired) electrons. The van der Waals surface area contributed by atoms with Crippen LogP contribution in [0.2, 0.25) is 0 Å². The minimum absolute atomic E-state index is 0.0848. The monoisotopic (exact) mass is 274 g/mol. The van der Waals surface area contributed by atoms with Gasteiger partial charge in [-0.1, -0.05) is 0 Å². The first-order valence-electron chi connectivity index (χ1n) is 5.93. The van der Waals surface area contributed by atoms with Crippen LogP contribution >= 0.6 is 12.2 Å². The van der Waals surface area contributed by atoms with E-state index in [4.69, 9.17) is 17.5 Å². The van der Waals surface area contributed by atoms with E-state index in [1.54, 1.807) is 22.8 Å². The van der Waals surface area contributed by atoms with Crippen LogP contribution in [0.5, 0.6) is 0 Å². The zero-order valence-corrected chi connectivity index (χ0v) is 11.5. The van der Waals surface area contributed by atoms with Crippen molar-refractivity contribution in [1.82, 2.24) is 14.9 Å². The first kappa shape index (κ1) is 13.3. The third-order valence-corrected chi connectivity index (χ3v) is 2.98. The van der Waals surface area contributed by atoms with Gasteiger partial charge in [-0.15, -0.1) is 0 Å². The Morgan fingerprint density at radius 1 is 1.58 bits per heavy atom. The molecule has 19 heavy (non-hydrogen) atoms. The van der Waals surface area contributed by atoms with Crippen molar-refractivity contribution in [1.29, 1.82) is 5.26 Å². The number of fused-ring (bicyclic) bond motifs is 1. The lowest BCUT2D eigenvalue weighted by atomic mass is 10.2. The number of rotatable bonds is 3. The van der Waals surface area contributed by atoms with Crippen molar-refractivity contribution >= 4 is 29.2 Å². The van der Waals surface area contributed by atoms with Crippen LogP contribution in [0, 0.1) is 16.1 Å². The highest BCUT2D eigenvalue weighted by molar-refractivity contribution is 7.71. The summed E-state index contributed by atoms with van der Waals surface area (Å²) in [5.74, 6) is -0.102. The third-order valence-electron chi connectivity index (χ3n) is 2.66. The molecule has 0 aliphatic rings. The fraction of sp³-hybridized carbons (Fsp3) is 0.308. The number of hydrogen-bond acceptors (Lipinski definition) is 3. The van der Waals surface area contributed by atoms with E-state index in [-0.39, 0.29) is 18.5 Å². The fourth-order valence-corrected chi connectivity index (χ4v) is 2.16. The summed E-state index contributed by atoms with van der Waals surface area (Å²) in [5, 5.41) is 11.7. The topological polar surface area (TPSA) is 73.6 Å². The van der Waals surface area contributed by atoms with Crippen LogP contribution in [-0.4, -0.2) is 21.5 Å². The number of nitrogens with zero attached hydrogens (tertiary/aromatic N) is 2. The molecule has 98 valence electrons. The van der Waals surface area contributed by atoms with Gasteiger partial charge in [0.1, 0.15) is 6.54 Å². The van der Waals surface area contributed by atoms with Gasteiger partial charge in [0.15, 0.2) is 4.77 Å². The van der Waals surface area contributed by atoms with Crippen LogP contribution in [-0.2, 0) is 11.3 Å². The van der Waals surface area contributed by atoms with E-state index in [1.807, 2.05) is 13.8 Å². The second-order valence-corrected chi connectivity index (χ2v) is 4.97. The quantitative estimate of drug-likeness (QED) is 0.842. The number of hydrogen-bond donors (Lipinski definition) is 2. The highest BCUT2D eigenvalue weighted by Crippen LogP contribution is 2.15. The van der Waals surface area contributed by atoms with Crippen molar-refractivity contribution in [3.05, 3.63) is 28.5 Å². The Kier molecular flexibility index (Phi) is 3.67. The number of aromatic nitrogens is 2. The van der Waals surface area contributed by atoms with Gasteiger partial charge in [0.25, 0.3) is 0 Å². The molecule has 5 nitrogen and oxygen atoms in total. The third kappa shape index (κ3) is 2.83. The normalized spacial score (nSPS) is 10.6. The van der Waals surface area contributed by atoms with E-state index in [9.17, 15) is 4.79 Å². The summed E-state index contributed by atoms with van der Waals surface area (Å²) >= 11 is 5.21. The number of aromatic amines is 1. The predicted molar refractivity (Wildman–Crippen MR) is 75.1 cm³/mol. The molecule has 0 spiro atoms. The van der Waals surface area contributed by atoms with Crippen LogP contribution in [0.15, 0.2) is 18.2 Å². The predicted octanol–water partition coefficient (Wildman–Crippen LogP) is 2.10. The molecule has 0 saturated heterocycles. The van der Waals surface area contributed by atoms with Crippen LogP contribution < -0.4 is 5.32 Å². The van der Waals surface area contributed by atoms with Gasteiger partial charge in [-0.25, -0.2) is 0 Å². The zero-order chi connectivity index (χ0) is 14.0. The van der Waals surface area contributed by atoms with Crippen LogP contribution in [0.1, 0.15) is 19.4 Å². The molecule has 0 aliphatic carbocycles. The first-order chi connectivity index (χ1) is 9.01. The number of nitriles is 1. The number of carbonyl (C=O) groups is 1. The van der Waals surface area contributed by atoms with Gasteiger partial charge in [0, 0.05) is 6.04 Å². The molecule has 1 aromatic carbocycles. The number of benzene rings is 1. The Balaban J connectivity index is 2.42. The molecule has 2 aromatic rings. The van der Waals surface area contributed by atoms with E-state index >= 15 is 0 Å². The SMILES string of the molecule is CC(C)NC(=O)Cn1c(=S)[nH]c2ccc(C#N)cc21. The molecule has 0 saturated carbocycles. The Bertz CT molecular complexity index is 720. The summed E-state index contributed by atoms with van der Waals surface area (Å²) in [6.07, 6.45) is 0. The van der Waals surface area contributed by atoms with Gasteiger partial charge in [-0.2, -0.15) is 5.26 Å². The summed E-state index contributed by atoms with van der Waals surface area (Å²) in [5.41, 5.74) is 2.13. The smallest absolute Gasteiger partial charge is 0.240 e. The van der Waals surface area contributed by atoms with Gasteiger partial charge >= 0.3 is 0 Å². The molecule has 1 amide bonds. The average molecular weight is 274 g/mol. The number of carbonyl (C=O) groups excluding carboxylic acids is 1. The molecule has 0 unspecified atom stereocenters. The van der Waals surface area contributed by atoms with Gasteiger partial charge < -0.3 is 14.9 Å². The first-order valence-corrected chi connectivity index (χ1v) is 6.34. The standard InChI is InChI=1S/C13H14N4OS/c1-8(2)15-12(18)7-17-11-5-9(6-14)3-4-10(11)16-13(17)19/h3-5,8H,7H2,1-2H3,(H,15,18)(H,16,19). The Morgan fingerprint density at radius 3 is 2.95 bits per heavy atom. The number of amides is 1. The molecule has 2 rings (SSSR count). The average Bonchev–Trinajstić information content (AvgIpc) is 2.64. The van der Waals surface area contributed by atoms with Crippen molar-refractivity contribution in [3.63, 3.8) is 0 Å². The lowest BCUT2D eigenvalue weighted by Crippen LogP contribution is -2.33. The highest BCUT2D eigenvalue weighted by Gasteiger charge is 2.10. The van der Waals surface area contributed by atoms with Gasteiger partial charge in [-0.3, -0.25) is 4.79 Å². The second kappa shape index (κ2) is 5.24. The van der Waals surface area contributed by atoms with Crippen LogP contribution in [0.4, 0.5) is 0 Å². The molecule has 2 N–H and O–H groups in total. The lowest BCUT2D eigenvalue weighted by molar-refractivity contribution is -0.122. The van der Waals surface area contributed by atoms with E-state index in [2.05, 4.69) is 16.4 Å². The molecular formula is C13H14N4OS. The maximum absolute atomic E-state index is 11.8. The molecular weight excluding hydrogens is 260 g/mol. The van der Waals surface area contributed by atoms with Gasteiger partial charge in [0.2, 0.25) is 5.91 Å². The zero-order valence-electron chi connectivity index (χ0n) is 10.7. The van der Waals surface area contributed by atoms with E-state index in [0.717, 1.165) is 11.0 Å². The molecule has 1 aromatic heterocycles. The summed E-state index contributed by atoms with van der Waals surface area (Å²) in [7, 11) is 0. The molecule has 0 atom stereocenters. The minimum Gasteiger partial charge on any atom is -0.352 e. The van der Waals surface area contributed by atoms with E-state index in [1.165, 1.54) is 0 Å². The van der Waals surface area contributed by atoms with E-state index < -0.39 is 0 Å². The summed E-state index contributed by atoms with van der Waals surface area (Å²) < 4.78 is 2.17. The largest absolute Gasteiger partial charge is 0.352 e. The minimum atomic E-state index is -0.102. The molecule has 1 heterocycles. The van der Waals surface area contributed by atoms with Crippen molar-refractivity contribution in [2.24, 2.45) is 0 Å². The number of imidazole rings is 1. The Labute approximate surface area is 115 Å². The Hall–Kier alpha value is -2.13. The lowest BCUT2D eigenvalue weighted by Gasteiger charge is -2.09. The van der Waals surface area contributed by atoms with Crippen LogP contribution in [0.25, 0.3) is 11.0 Å². The summed E-state index contributed by atoms with van der Waals surface area (Å²) in [6.45, 7) is 3.95. The van der Waals surface area contributed by atoms with Gasteiger partial charge in [-0.05, 0) is 44.3 Å². The van der Waals surface area contributed by atoms with Gasteiger partial charge in [0.05, 0.1) is 22.7 Å². The highest BCUT2D eigenvalue weighted by atomic mass is 32.1.